The lowest BCUT2D eigenvalue weighted by Gasteiger charge is -2.02. The van der Waals surface area contributed by atoms with Gasteiger partial charge in [-0.1, -0.05) is 40.4 Å². The molecule has 2 heterocycles. The summed E-state index contributed by atoms with van der Waals surface area (Å²) in [5.74, 6) is -0.577. The predicted octanol–water partition coefficient (Wildman–Crippen LogP) is 3.42. The molecule has 0 saturated heterocycles. The van der Waals surface area contributed by atoms with Gasteiger partial charge >= 0.3 is 0 Å². The van der Waals surface area contributed by atoms with Crippen LogP contribution in [0.1, 0.15) is 36.3 Å². The van der Waals surface area contributed by atoms with Gasteiger partial charge < -0.3 is 0 Å². The second-order valence-corrected chi connectivity index (χ2v) is 7.52. The zero-order chi connectivity index (χ0) is 18.0. The molecule has 0 fully saturated rings. The summed E-state index contributed by atoms with van der Waals surface area (Å²) in [7, 11) is 0. The quantitative estimate of drug-likeness (QED) is 0.730. The lowest BCUT2D eigenvalue weighted by molar-refractivity contribution is 0.102. The number of benzene rings is 1. The van der Waals surface area contributed by atoms with Crippen molar-refractivity contribution in [3.63, 3.8) is 0 Å². The fraction of sp³-hybridized carbons (Fsp3) is 0.188. The van der Waals surface area contributed by atoms with Gasteiger partial charge in [0.2, 0.25) is 5.13 Å². The summed E-state index contributed by atoms with van der Waals surface area (Å²) in [6.45, 7) is 5.45. The third kappa shape index (κ3) is 4.06. The van der Waals surface area contributed by atoms with Gasteiger partial charge in [-0.15, -0.1) is 10.2 Å². The summed E-state index contributed by atoms with van der Waals surface area (Å²) in [5, 5.41) is 14.7. The van der Waals surface area contributed by atoms with Crippen molar-refractivity contribution in [3.05, 3.63) is 51.0 Å². The lowest BCUT2D eigenvalue weighted by atomic mass is 10.1. The number of nitrogens with one attached hydrogen (secondary N) is 2. The Hall–Kier alpha value is -2.65. The molecule has 128 valence electrons. The third-order valence-corrected chi connectivity index (χ3v) is 5.08. The van der Waals surface area contributed by atoms with Crippen LogP contribution >= 0.6 is 22.7 Å². The van der Waals surface area contributed by atoms with E-state index in [-0.39, 0.29) is 11.8 Å². The number of aromatic nitrogens is 3. The normalized spacial score (nSPS) is 10.5. The van der Waals surface area contributed by atoms with Gasteiger partial charge in [0.05, 0.1) is 5.69 Å². The first-order valence-corrected chi connectivity index (χ1v) is 9.02. The maximum absolute atomic E-state index is 12.3. The molecular weight excluding hydrogens is 358 g/mol. The molecule has 7 nitrogen and oxygen atoms in total. The van der Waals surface area contributed by atoms with E-state index in [1.54, 1.807) is 19.1 Å². The molecular formula is C16H15N5O2S2. The molecule has 0 spiro atoms. The molecule has 2 aromatic heterocycles. The van der Waals surface area contributed by atoms with E-state index in [1.165, 1.54) is 11.3 Å². The topological polar surface area (TPSA) is 96.9 Å². The Kier molecular flexibility index (Phi) is 4.86. The highest BCUT2D eigenvalue weighted by atomic mass is 32.1. The number of nitrogens with zero attached hydrogens (tertiary/aromatic N) is 3. The van der Waals surface area contributed by atoms with Crippen LogP contribution in [0.4, 0.5) is 10.3 Å². The first kappa shape index (κ1) is 17.2. The summed E-state index contributed by atoms with van der Waals surface area (Å²) in [6, 6.07) is 7.26. The first-order valence-electron chi connectivity index (χ1n) is 7.39. The van der Waals surface area contributed by atoms with Crippen LogP contribution in [-0.2, 0) is 0 Å². The highest BCUT2D eigenvalue weighted by Gasteiger charge is 2.18. The van der Waals surface area contributed by atoms with Gasteiger partial charge in [0, 0.05) is 5.56 Å². The van der Waals surface area contributed by atoms with Crippen molar-refractivity contribution < 1.29 is 9.59 Å². The van der Waals surface area contributed by atoms with E-state index >= 15 is 0 Å². The zero-order valence-electron chi connectivity index (χ0n) is 13.8. The van der Waals surface area contributed by atoms with Crippen molar-refractivity contribution in [2.24, 2.45) is 0 Å². The molecule has 2 amide bonds. The number of rotatable bonds is 4. The molecule has 2 N–H and O–H groups in total. The largest absolute Gasteiger partial charge is 0.298 e. The van der Waals surface area contributed by atoms with Crippen molar-refractivity contribution in [1.29, 1.82) is 0 Å². The van der Waals surface area contributed by atoms with Crippen LogP contribution in [0.2, 0.25) is 0 Å². The van der Waals surface area contributed by atoms with Crippen LogP contribution in [0.15, 0.2) is 24.3 Å². The highest BCUT2D eigenvalue weighted by Crippen LogP contribution is 2.25. The number of carbonyl (C=O) groups excluding carboxylic acids is 2. The molecule has 9 heteroatoms. The van der Waals surface area contributed by atoms with Crippen LogP contribution < -0.4 is 10.6 Å². The van der Waals surface area contributed by atoms with E-state index in [1.807, 2.05) is 26.0 Å². The maximum atomic E-state index is 12.3. The number of carbonyl (C=O) groups is 2. The van der Waals surface area contributed by atoms with Crippen molar-refractivity contribution in [1.82, 2.24) is 15.2 Å². The van der Waals surface area contributed by atoms with Crippen molar-refractivity contribution in [2.45, 2.75) is 20.8 Å². The number of anilines is 2. The lowest BCUT2D eigenvalue weighted by Crippen LogP contribution is -2.11. The highest BCUT2D eigenvalue weighted by molar-refractivity contribution is 7.18. The Balaban J connectivity index is 1.73. The zero-order valence-corrected chi connectivity index (χ0v) is 15.4. The van der Waals surface area contributed by atoms with Crippen LogP contribution in [0.3, 0.4) is 0 Å². The summed E-state index contributed by atoms with van der Waals surface area (Å²) in [5.41, 5.74) is 2.09. The number of aryl methyl sites for hydroxylation is 3. The summed E-state index contributed by atoms with van der Waals surface area (Å²) in [4.78, 5) is 29.3. The Morgan fingerprint density at radius 1 is 0.960 bits per heavy atom. The maximum Gasteiger partial charge on any atom is 0.269 e. The molecule has 0 aliphatic heterocycles. The molecule has 0 bridgehead atoms. The number of hydrogen-bond acceptors (Lipinski definition) is 7. The number of thiazole rings is 1. The monoisotopic (exact) mass is 373 g/mol. The minimum absolute atomic E-state index is 0.260. The van der Waals surface area contributed by atoms with Gasteiger partial charge in [-0.3, -0.25) is 20.2 Å². The smallest absolute Gasteiger partial charge is 0.269 e. The van der Waals surface area contributed by atoms with Crippen molar-refractivity contribution in [2.75, 3.05) is 10.6 Å². The second kappa shape index (κ2) is 7.08. The number of amides is 2. The molecule has 0 radical (unpaired) electrons. The van der Waals surface area contributed by atoms with Crippen molar-refractivity contribution >= 4 is 44.8 Å². The second-order valence-electron chi connectivity index (χ2n) is 5.34. The fourth-order valence-corrected chi connectivity index (χ4v) is 3.56. The standard InChI is InChI=1S/C16H15N5O2S2/c1-8-5-4-6-11(7-8)13(22)18-15-17-9(2)12(25-15)14(23)19-16-21-20-10(3)24-16/h4-7H,1-3H3,(H,17,18,22)(H,19,21,23). The minimum atomic E-state index is -0.317. The summed E-state index contributed by atoms with van der Waals surface area (Å²) >= 11 is 2.42. The SMILES string of the molecule is Cc1cccc(C(=O)Nc2nc(C)c(C(=O)Nc3nnc(C)s3)s2)c1. The Morgan fingerprint density at radius 3 is 2.40 bits per heavy atom. The molecule has 1 aromatic carbocycles. The van der Waals surface area contributed by atoms with E-state index in [4.69, 9.17) is 0 Å². The summed E-state index contributed by atoms with van der Waals surface area (Å²) < 4.78 is 0. The molecule has 3 aromatic rings. The van der Waals surface area contributed by atoms with Gasteiger partial charge in [-0.25, -0.2) is 4.98 Å². The van der Waals surface area contributed by atoms with Crippen LogP contribution in [0, 0.1) is 20.8 Å². The van der Waals surface area contributed by atoms with E-state index in [0.717, 1.165) is 21.9 Å². The van der Waals surface area contributed by atoms with E-state index in [0.29, 0.717) is 26.4 Å². The predicted molar refractivity (Wildman–Crippen MR) is 98.6 cm³/mol. The van der Waals surface area contributed by atoms with Crippen molar-refractivity contribution in [3.8, 4) is 0 Å². The average molecular weight is 373 g/mol. The van der Waals surface area contributed by atoms with E-state index in [2.05, 4.69) is 25.8 Å². The van der Waals surface area contributed by atoms with Gasteiger partial charge in [-0.2, -0.15) is 0 Å². The molecule has 3 rings (SSSR count). The van der Waals surface area contributed by atoms with Gasteiger partial charge in [0.1, 0.15) is 9.88 Å². The Bertz CT molecular complexity index is 948. The van der Waals surface area contributed by atoms with Crippen LogP contribution in [0.25, 0.3) is 0 Å². The van der Waals surface area contributed by atoms with E-state index in [9.17, 15) is 9.59 Å². The van der Waals surface area contributed by atoms with Gasteiger partial charge in [0.15, 0.2) is 5.13 Å². The Labute approximate surface area is 152 Å². The molecule has 0 atom stereocenters. The first-order chi connectivity index (χ1) is 11.9. The van der Waals surface area contributed by atoms with E-state index < -0.39 is 0 Å². The minimum Gasteiger partial charge on any atom is -0.298 e. The third-order valence-electron chi connectivity index (χ3n) is 3.25. The average Bonchev–Trinajstić information content (AvgIpc) is 3.13. The van der Waals surface area contributed by atoms with Crippen LogP contribution in [-0.4, -0.2) is 27.0 Å². The molecule has 0 aliphatic rings. The number of hydrogen-bond donors (Lipinski definition) is 2. The molecule has 0 unspecified atom stereocenters. The summed E-state index contributed by atoms with van der Waals surface area (Å²) in [6.07, 6.45) is 0. The molecule has 0 aliphatic carbocycles. The molecule has 25 heavy (non-hydrogen) atoms. The van der Waals surface area contributed by atoms with Gasteiger partial charge in [0.25, 0.3) is 11.8 Å². The van der Waals surface area contributed by atoms with Crippen LogP contribution in [0.5, 0.6) is 0 Å². The fourth-order valence-electron chi connectivity index (χ4n) is 2.12. The Morgan fingerprint density at radius 2 is 1.72 bits per heavy atom. The van der Waals surface area contributed by atoms with Gasteiger partial charge in [-0.05, 0) is 32.9 Å². The molecule has 0 saturated carbocycles.